The second kappa shape index (κ2) is 14.8. The summed E-state index contributed by atoms with van der Waals surface area (Å²) < 4.78 is 2.41. The molecule has 0 unspecified atom stereocenters. The van der Waals surface area contributed by atoms with E-state index in [2.05, 4.69) is 252 Å². The normalized spacial score (nSPS) is 11.5. The van der Waals surface area contributed by atoms with E-state index in [4.69, 9.17) is 0 Å². The minimum Gasteiger partial charge on any atom is -0.310 e. The van der Waals surface area contributed by atoms with Gasteiger partial charge in [-0.15, -0.1) is 0 Å². The van der Waals surface area contributed by atoms with Crippen molar-refractivity contribution in [1.29, 1.82) is 0 Å². The first-order valence-corrected chi connectivity index (χ1v) is 21.3. The van der Waals surface area contributed by atoms with Crippen LogP contribution >= 0.6 is 0 Å². The zero-order valence-corrected chi connectivity index (χ0v) is 34.0. The van der Waals surface area contributed by atoms with Crippen LogP contribution in [0.25, 0.3) is 93.2 Å². The highest BCUT2D eigenvalue weighted by Gasteiger charge is 2.18. The molecule has 0 bridgehead atoms. The van der Waals surface area contributed by atoms with Crippen LogP contribution in [0.1, 0.15) is 0 Å². The molecular weight excluding hydrogens is 749 g/mol. The summed E-state index contributed by atoms with van der Waals surface area (Å²) in [4.78, 5) is 2.39. The Kier molecular flexibility index (Phi) is 8.53. The topological polar surface area (TPSA) is 8.17 Å². The smallest absolute Gasteiger partial charge is 0.0541 e. The Bertz CT molecular complexity index is 3560. The Hall–Kier alpha value is -8.20. The van der Waals surface area contributed by atoms with E-state index in [1.165, 1.54) is 93.2 Å². The van der Waals surface area contributed by atoms with Crippen LogP contribution in [0.2, 0.25) is 0 Å². The lowest BCUT2D eigenvalue weighted by Crippen LogP contribution is -2.10. The van der Waals surface area contributed by atoms with Crippen molar-refractivity contribution < 1.29 is 0 Å². The summed E-state index contributed by atoms with van der Waals surface area (Å²) in [7, 11) is 0. The third-order valence-electron chi connectivity index (χ3n) is 12.6. The molecule has 0 saturated carbocycles. The molecule has 12 rings (SSSR count). The Morgan fingerprint density at radius 2 is 0.726 bits per heavy atom. The van der Waals surface area contributed by atoms with Crippen LogP contribution in [-0.2, 0) is 0 Å². The van der Waals surface area contributed by atoms with Crippen molar-refractivity contribution in [1.82, 2.24) is 4.57 Å². The van der Waals surface area contributed by atoms with E-state index in [-0.39, 0.29) is 0 Å². The Labute approximate surface area is 360 Å². The van der Waals surface area contributed by atoms with Crippen LogP contribution < -0.4 is 4.90 Å². The number of rotatable bonds is 7. The minimum absolute atomic E-state index is 1.10. The van der Waals surface area contributed by atoms with Gasteiger partial charge in [-0.1, -0.05) is 188 Å². The van der Waals surface area contributed by atoms with E-state index in [1.807, 2.05) is 0 Å². The number of benzene rings is 11. The number of anilines is 3. The van der Waals surface area contributed by atoms with Crippen molar-refractivity contribution in [3.63, 3.8) is 0 Å². The standard InChI is InChI=1S/C60H40N2/c1-4-18-50-43(14-1)16-13-27-57(50)61(48-38-34-45(35-39-48)56-40-46-15-2-3-17-49(46)52-20-5-6-21-53(52)56)47-36-32-42(33-37-47)41-28-30-44(31-29-41)51-19-7-10-24-58(51)62-59-25-11-8-22-54(59)55-23-9-12-26-60(55)62/h1-40H. The van der Waals surface area contributed by atoms with Gasteiger partial charge in [-0.3, -0.25) is 0 Å². The van der Waals surface area contributed by atoms with Crippen molar-refractivity contribution in [2.24, 2.45) is 0 Å². The lowest BCUT2D eigenvalue weighted by molar-refractivity contribution is 1.18. The monoisotopic (exact) mass is 788 g/mol. The summed E-state index contributed by atoms with van der Waals surface area (Å²) in [5, 5.41) is 10.0. The van der Waals surface area contributed by atoms with Crippen molar-refractivity contribution >= 4 is 71.2 Å². The molecule has 0 N–H and O–H groups in total. The van der Waals surface area contributed by atoms with Gasteiger partial charge in [-0.2, -0.15) is 0 Å². The summed E-state index contributed by atoms with van der Waals surface area (Å²) >= 11 is 0. The molecule has 290 valence electrons. The molecule has 0 aliphatic rings. The fourth-order valence-electron chi connectivity index (χ4n) is 9.65. The average molecular weight is 789 g/mol. The van der Waals surface area contributed by atoms with Crippen LogP contribution in [0.15, 0.2) is 243 Å². The molecule has 62 heavy (non-hydrogen) atoms. The van der Waals surface area contributed by atoms with Gasteiger partial charge in [0.1, 0.15) is 0 Å². The number of fused-ring (bicyclic) bond motifs is 7. The van der Waals surface area contributed by atoms with Crippen molar-refractivity contribution in [2.75, 3.05) is 4.90 Å². The minimum atomic E-state index is 1.10. The van der Waals surface area contributed by atoms with Gasteiger partial charge in [-0.05, 0) is 109 Å². The molecule has 1 heterocycles. The SMILES string of the molecule is c1ccc(-n2c3ccccc3c3ccccc32)c(-c2ccc(-c3ccc(N(c4ccc(-c5cc6ccccc6c6ccccc56)cc4)c4cccc5ccccc45)cc3)cc2)c1. The summed E-state index contributed by atoms with van der Waals surface area (Å²) in [6, 6.07) is 88.4. The Morgan fingerprint density at radius 1 is 0.274 bits per heavy atom. The second-order valence-electron chi connectivity index (χ2n) is 16.1. The molecule has 12 aromatic rings. The van der Waals surface area contributed by atoms with Crippen LogP contribution in [-0.4, -0.2) is 4.57 Å². The van der Waals surface area contributed by atoms with Crippen LogP contribution in [0.4, 0.5) is 17.1 Å². The third kappa shape index (κ3) is 5.96. The zero-order chi connectivity index (χ0) is 41.0. The van der Waals surface area contributed by atoms with Crippen LogP contribution in [0.3, 0.4) is 0 Å². The van der Waals surface area contributed by atoms with Crippen molar-refractivity contribution in [3.8, 4) is 39.1 Å². The van der Waals surface area contributed by atoms with E-state index < -0.39 is 0 Å². The quantitative estimate of drug-likeness (QED) is 0.146. The predicted molar refractivity (Wildman–Crippen MR) is 264 cm³/mol. The molecule has 0 fully saturated rings. The number of hydrogen-bond donors (Lipinski definition) is 0. The molecule has 0 aliphatic carbocycles. The van der Waals surface area contributed by atoms with Gasteiger partial charge in [0.2, 0.25) is 0 Å². The van der Waals surface area contributed by atoms with E-state index in [9.17, 15) is 0 Å². The predicted octanol–water partition coefficient (Wildman–Crippen LogP) is 16.7. The highest BCUT2D eigenvalue weighted by Crippen LogP contribution is 2.42. The molecule has 0 radical (unpaired) electrons. The number of hydrogen-bond acceptors (Lipinski definition) is 1. The Morgan fingerprint density at radius 3 is 1.40 bits per heavy atom. The van der Waals surface area contributed by atoms with Crippen molar-refractivity contribution in [2.45, 2.75) is 0 Å². The third-order valence-corrected chi connectivity index (χ3v) is 12.6. The maximum Gasteiger partial charge on any atom is 0.0541 e. The van der Waals surface area contributed by atoms with Gasteiger partial charge in [0.05, 0.1) is 22.4 Å². The molecular formula is C60H40N2. The second-order valence-corrected chi connectivity index (χ2v) is 16.1. The number of para-hydroxylation sites is 3. The molecule has 0 amide bonds. The van der Waals surface area contributed by atoms with Gasteiger partial charge in [0.25, 0.3) is 0 Å². The van der Waals surface area contributed by atoms with Gasteiger partial charge in [0, 0.05) is 33.1 Å². The molecule has 1 aromatic heterocycles. The largest absolute Gasteiger partial charge is 0.310 e. The van der Waals surface area contributed by atoms with E-state index in [1.54, 1.807) is 0 Å². The van der Waals surface area contributed by atoms with E-state index in [0.717, 1.165) is 17.1 Å². The number of aromatic nitrogens is 1. The highest BCUT2D eigenvalue weighted by atomic mass is 15.1. The first-order chi connectivity index (χ1) is 30.8. The summed E-state index contributed by atoms with van der Waals surface area (Å²) in [5.41, 5.74) is 14.1. The molecule has 0 aliphatic heterocycles. The first kappa shape index (κ1) is 35.7. The first-order valence-electron chi connectivity index (χ1n) is 21.3. The molecule has 2 heteroatoms. The maximum atomic E-state index is 2.41. The average Bonchev–Trinajstić information content (AvgIpc) is 3.69. The summed E-state index contributed by atoms with van der Waals surface area (Å²) in [6.07, 6.45) is 0. The van der Waals surface area contributed by atoms with E-state index in [0.29, 0.717) is 0 Å². The Balaban J connectivity index is 0.907. The molecule has 2 nitrogen and oxygen atoms in total. The molecule has 0 saturated heterocycles. The molecule has 11 aromatic carbocycles. The maximum absolute atomic E-state index is 2.41. The highest BCUT2D eigenvalue weighted by molar-refractivity contribution is 6.14. The van der Waals surface area contributed by atoms with Gasteiger partial charge >= 0.3 is 0 Å². The molecule has 0 spiro atoms. The van der Waals surface area contributed by atoms with Crippen LogP contribution in [0, 0.1) is 0 Å². The van der Waals surface area contributed by atoms with E-state index >= 15 is 0 Å². The summed E-state index contributed by atoms with van der Waals surface area (Å²) in [6.45, 7) is 0. The van der Waals surface area contributed by atoms with Gasteiger partial charge in [0.15, 0.2) is 0 Å². The van der Waals surface area contributed by atoms with Gasteiger partial charge < -0.3 is 9.47 Å². The van der Waals surface area contributed by atoms with Gasteiger partial charge in [-0.25, -0.2) is 0 Å². The van der Waals surface area contributed by atoms with Crippen LogP contribution in [0.5, 0.6) is 0 Å². The fraction of sp³-hybridized carbons (Fsp3) is 0. The number of nitrogens with zero attached hydrogens (tertiary/aromatic N) is 2. The lowest BCUT2D eigenvalue weighted by atomic mass is 9.93. The van der Waals surface area contributed by atoms with Crippen molar-refractivity contribution in [3.05, 3.63) is 243 Å². The fourth-order valence-corrected chi connectivity index (χ4v) is 9.65. The zero-order valence-electron chi connectivity index (χ0n) is 34.0. The lowest BCUT2D eigenvalue weighted by Gasteiger charge is -2.27. The summed E-state index contributed by atoms with van der Waals surface area (Å²) in [5.74, 6) is 0. The molecule has 0 atom stereocenters.